The zero-order valence-corrected chi connectivity index (χ0v) is 8.09. The monoisotopic (exact) mass is 193 g/mol. The number of carbonyl (C=O) groups is 2. The second-order valence-electron chi connectivity index (χ2n) is 3.58. The Balaban J connectivity index is 2.36. The van der Waals surface area contributed by atoms with Crippen LogP contribution in [-0.4, -0.2) is 16.9 Å². The highest BCUT2D eigenvalue weighted by atomic mass is 16.6. The van der Waals surface area contributed by atoms with Crippen LogP contribution in [0.5, 0.6) is 0 Å². The molecule has 1 fully saturated rings. The second-order valence-corrected chi connectivity index (χ2v) is 3.58. The van der Waals surface area contributed by atoms with Crippen LogP contribution in [-0.2, 0) is 14.3 Å². The number of hydrogen-bond donors (Lipinski definition) is 1. The molecular formula is C10H11NO3. The molecule has 1 aliphatic heterocycles. The lowest BCUT2D eigenvalue weighted by Gasteiger charge is -2.02. The molecule has 2 rings (SSSR count). The van der Waals surface area contributed by atoms with E-state index in [9.17, 15) is 9.59 Å². The molecule has 1 saturated heterocycles. The zero-order chi connectivity index (χ0) is 10.3. The molecule has 14 heavy (non-hydrogen) atoms. The van der Waals surface area contributed by atoms with E-state index < -0.39 is 17.9 Å². The van der Waals surface area contributed by atoms with Crippen LogP contribution in [0, 0.1) is 13.8 Å². The minimum absolute atomic E-state index is 0.164. The normalized spacial score (nSPS) is 21.4. The standard InChI is InChI=1S/C10H11NO3/c1-5-3-7(6(2)11-5)8-4-9(12)14-10(8)13/h3,8,11H,4H2,1-2H3. The summed E-state index contributed by atoms with van der Waals surface area (Å²) in [6.07, 6.45) is 0.164. The molecule has 4 heteroatoms. The van der Waals surface area contributed by atoms with Crippen molar-refractivity contribution in [2.45, 2.75) is 26.2 Å². The molecule has 1 aliphatic rings. The molecule has 1 atom stereocenters. The number of esters is 2. The summed E-state index contributed by atoms with van der Waals surface area (Å²) in [7, 11) is 0. The molecule has 4 nitrogen and oxygen atoms in total. The van der Waals surface area contributed by atoms with Gasteiger partial charge in [-0.3, -0.25) is 9.59 Å². The van der Waals surface area contributed by atoms with Gasteiger partial charge in [0.1, 0.15) is 0 Å². The Kier molecular flexibility index (Phi) is 1.91. The van der Waals surface area contributed by atoms with Gasteiger partial charge in [0.05, 0.1) is 12.3 Å². The van der Waals surface area contributed by atoms with Crippen molar-refractivity contribution in [1.82, 2.24) is 4.98 Å². The Morgan fingerprint density at radius 3 is 2.57 bits per heavy atom. The maximum Gasteiger partial charge on any atom is 0.321 e. The van der Waals surface area contributed by atoms with Crippen molar-refractivity contribution >= 4 is 11.9 Å². The van der Waals surface area contributed by atoms with Crippen LogP contribution >= 0.6 is 0 Å². The molecule has 2 heterocycles. The molecule has 1 aromatic heterocycles. The summed E-state index contributed by atoms with van der Waals surface area (Å²) >= 11 is 0. The van der Waals surface area contributed by atoms with E-state index in [-0.39, 0.29) is 6.42 Å². The summed E-state index contributed by atoms with van der Waals surface area (Å²) in [6.45, 7) is 3.80. The summed E-state index contributed by atoms with van der Waals surface area (Å²) in [6, 6.07) is 1.89. The fourth-order valence-electron chi connectivity index (χ4n) is 1.82. The number of H-pyrrole nitrogens is 1. The number of carbonyl (C=O) groups excluding carboxylic acids is 2. The van der Waals surface area contributed by atoms with Gasteiger partial charge in [-0.25, -0.2) is 0 Å². The first-order valence-corrected chi connectivity index (χ1v) is 4.48. The predicted octanol–water partition coefficient (Wildman–Crippen LogP) is 1.19. The third kappa shape index (κ3) is 1.32. The van der Waals surface area contributed by atoms with Crippen LogP contribution in [0.3, 0.4) is 0 Å². The lowest BCUT2D eigenvalue weighted by Crippen LogP contribution is -2.05. The SMILES string of the molecule is Cc1cc(C2CC(=O)OC2=O)c(C)[nH]1. The quantitative estimate of drug-likeness (QED) is 0.538. The van der Waals surface area contributed by atoms with E-state index >= 15 is 0 Å². The largest absolute Gasteiger partial charge is 0.393 e. The Labute approximate surface area is 81.3 Å². The highest BCUT2D eigenvalue weighted by molar-refractivity contribution is 5.98. The third-order valence-electron chi connectivity index (χ3n) is 2.43. The van der Waals surface area contributed by atoms with Crippen molar-refractivity contribution in [2.75, 3.05) is 0 Å². The van der Waals surface area contributed by atoms with E-state index in [1.807, 2.05) is 19.9 Å². The minimum Gasteiger partial charge on any atom is -0.393 e. The number of ether oxygens (including phenoxy) is 1. The van der Waals surface area contributed by atoms with Crippen molar-refractivity contribution in [3.05, 3.63) is 23.0 Å². The molecule has 0 aromatic carbocycles. The molecule has 1 unspecified atom stereocenters. The highest BCUT2D eigenvalue weighted by Gasteiger charge is 2.35. The van der Waals surface area contributed by atoms with E-state index in [4.69, 9.17) is 0 Å². The van der Waals surface area contributed by atoms with Crippen LogP contribution < -0.4 is 0 Å². The van der Waals surface area contributed by atoms with Crippen molar-refractivity contribution in [2.24, 2.45) is 0 Å². The molecule has 0 aliphatic carbocycles. The first-order valence-electron chi connectivity index (χ1n) is 4.48. The number of nitrogens with one attached hydrogen (secondary N) is 1. The third-order valence-corrected chi connectivity index (χ3v) is 2.43. The molecule has 1 N–H and O–H groups in total. The van der Waals surface area contributed by atoms with Crippen molar-refractivity contribution in [3.63, 3.8) is 0 Å². The van der Waals surface area contributed by atoms with E-state index in [1.54, 1.807) is 0 Å². The molecule has 74 valence electrons. The Hall–Kier alpha value is -1.58. The van der Waals surface area contributed by atoms with Crippen LogP contribution in [0.1, 0.15) is 29.3 Å². The van der Waals surface area contributed by atoms with Crippen LogP contribution in [0.25, 0.3) is 0 Å². The fraction of sp³-hybridized carbons (Fsp3) is 0.400. The van der Waals surface area contributed by atoms with E-state index in [0.29, 0.717) is 0 Å². The molecule has 0 amide bonds. The molecule has 1 aromatic rings. The second kappa shape index (κ2) is 2.97. The maximum absolute atomic E-state index is 11.3. The number of aryl methyl sites for hydroxylation is 2. The molecule has 0 saturated carbocycles. The van der Waals surface area contributed by atoms with Crippen molar-refractivity contribution in [1.29, 1.82) is 0 Å². The highest BCUT2D eigenvalue weighted by Crippen LogP contribution is 2.30. The van der Waals surface area contributed by atoms with E-state index in [0.717, 1.165) is 17.0 Å². The van der Waals surface area contributed by atoms with Gasteiger partial charge in [-0.05, 0) is 25.5 Å². The topological polar surface area (TPSA) is 59.2 Å². The number of hydrogen-bond acceptors (Lipinski definition) is 3. The molecule has 0 bridgehead atoms. The smallest absolute Gasteiger partial charge is 0.321 e. The van der Waals surface area contributed by atoms with Gasteiger partial charge in [0.15, 0.2) is 0 Å². The van der Waals surface area contributed by atoms with Gasteiger partial charge < -0.3 is 9.72 Å². The number of rotatable bonds is 1. The van der Waals surface area contributed by atoms with Crippen molar-refractivity contribution in [3.8, 4) is 0 Å². The summed E-state index contributed by atoms with van der Waals surface area (Å²) in [5.74, 6) is -1.28. The van der Waals surface area contributed by atoms with Crippen LogP contribution in [0.2, 0.25) is 0 Å². The van der Waals surface area contributed by atoms with Gasteiger partial charge in [-0.2, -0.15) is 0 Å². The first-order chi connectivity index (χ1) is 6.58. The van der Waals surface area contributed by atoms with E-state index in [2.05, 4.69) is 9.72 Å². The van der Waals surface area contributed by atoms with E-state index in [1.165, 1.54) is 0 Å². The first kappa shape index (κ1) is 8.99. The lowest BCUT2D eigenvalue weighted by molar-refractivity contribution is -0.152. The Morgan fingerprint density at radius 1 is 1.43 bits per heavy atom. The van der Waals surface area contributed by atoms with Crippen LogP contribution in [0.4, 0.5) is 0 Å². The van der Waals surface area contributed by atoms with Gasteiger partial charge in [0.25, 0.3) is 0 Å². The number of aromatic amines is 1. The summed E-state index contributed by atoms with van der Waals surface area (Å²) in [4.78, 5) is 25.3. The van der Waals surface area contributed by atoms with Gasteiger partial charge in [0.2, 0.25) is 0 Å². The maximum atomic E-state index is 11.3. The van der Waals surface area contributed by atoms with Gasteiger partial charge >= 0.3 is 11.9 Å². The fourth-order valence-corrected chi connectivity index (χ4v) is 1.82. The van der Waals surface area contributed by atoms with Gasteiger partial charge in [-0.15, -0.1) is 0 Å². The van der Waals surface area contributed by atoms with Gasteiger partial charge in [0, 0.05) is 11.4 Å². The Bertz CT molecular complexity index is 405. The summed E-state index contributed by atoms with van der Waals surface area (Å²) in [5.41, 5.74) is 2.79. The van der Waals surface area contributed by atoms with Crippen LogP contribution in [0.15, 0.2) is 6.07 Å². The van der Waals surface area contributed by atoms with Crippen molar-refractivity contribution < 1.29 is 14.3 Å². The van der Waals surface area contributed by atoms with Gasteiger partial charge in [-0.1, -0.05) is 0 Å². The molecular weight excluding hydrogens is 182 g/mol. The summed E-state index contributed by atoms with van der Waals surface area (Å²) < 4.78 is 4.50. The lowest BCUT2D eigenvalue weighted by atomic mass is 9.98. The predicted molar refractivity (Wildman–Crippen MR) is 48.7 cm³/mol. The average Bonchev–Trinajstić information content (AvgIpc) is 2.55. The average molecular weight is 193 g/mol. The number of cyclic esters (lactones) is 2. The zero-order valence-electron chi connectivity index (χ0n) is 8.09. The Morgan fingerprint density at radius 2 is 2.14 bits per heavy atom. The molecule has 0 spiro atoms. The molecule has 0 radical (unpaired) electrons. The summed E-state index contributed by atoms with van der Waals surface area (Å²) in [5, 5.41) is 0. The minimum atomic E-state index is -0.433. The number of aromatic nitrogens is 1.